The molecule has 0 aliphatic heterocycles. The van der Waals surface area contributed by atoms with Crippen LogP contribution in [-0.2, 0) is 0 Å². The molecule has 11 rings (SSSR count). The minimum Gasteiger partial charge on any atom is -0.456 e. The molecule has 0 radical (unpaired) electrons. The van der Waals surface area contributed by atoms with Gasteiger partial charge in [0, 0.05) is 10.8 Å². The third-order valence-corrected chi connectivity index (χ3v) is 10.6. The van der Waals surface area contributed by atoms with Gasteiger partial charge < -0.3 is 4.42 Å². The van der Waals surface area contributed by atoms with Crippen LogP contribution in [0, 0.1) is 0 Å². The number of hydrogen-bond donors (Lipinski definition) is 0. The first-order valence-electron chi connectivity index (χ1n) is 20.8. The van der Waals surface area contributed by atoms with Crippen LogP contribution in [0.25, 0.3) is 110 Å². The van der Waals surface area contributed by atoms with Crippen molar-refractivity contribution in [2.45, 2.75) is 0 Å². The molecule has 11 aromatic rings. The lowest BCUT2D eigenvalue weighted by atomic mass is 9.83. The Hall–Kier alpha value is -6.96. The fourth-order valence-electron chi connectivity index (χ4n) is 8.22. The Morgan fingerprint density at radius 2 is 0.943 bits per heavy atom. The van der Waals surface area contributed by atoms with Crippen molar-refractivity contribution >= 4 is 65.0 Å². The van der Waals surface area contributed by atoms with Gasteiger partial charge in [-0.1, -0.05) is 170 Å². The topological polar surface area (TPSA) is 13.1 Å². The molecule has 0 atom stereocenters. The van der Waals surface area contributed by atoms with Crippen molar-refractivity contribution in [1.82, 2.24) is 0 Å². The molecule has 0 amide bonds. The van der Waals surface area contributed by atoms with Gasteiger partial charge in [0.05, 0.1) is 8.22 Å². The summed E-state index contributed by atoms with van der Waals surface area (Å²) in [7, 11) is 0. The number of fused-ring (bicyclic) bond motifs is 7. The minimum absolute atomic E-state index is 0.123. The van der Waals surface area contributed by atoms with E-state index in [9.17, 15) is 5.48 Å². The van der Waals surface area contributed by atoms with Crippen molar-refractivity contribution in [3.05, 3.63) is 194 Å². The number of benzene rings is 10. The zero-order valence-corrected chi connectivity index (χ0v) is 28.4. The van der Waals surface area contributed by atoms with Gasteiger partial charge in [0.1, 0.15) is 11.2 Å². The SMILES string of the molecule is [2H]c1c([2H])c([2H])c2c(-c3cccc4oc5ccc(-c6ccc7ccccc7c6)cc5c34)c([2H])c([2H])c(-c3c4ccccc4c(-c4ccccc4)c4ccccc34)c2c1[2H]. The van der Waals surface area contributed by atoms with E-state index in [-0.39, 0.29) is 40.5 Å². The van der Waals surface area contributed by atoms with E-state index in [1.807, 2.05) is 97.1 Å². The summed E-state index contributed by atoms with van der Waals surface area (Å²) in [6.45, 7) is 0. The highest BCUT2D eigenvalue weighted by Crippen LogP contribution is 2.47. The summed E-state index contributed by atoms with van der Waals surface area (Å²) < 4.78 is 63.2. The van der Waals surface area contributed by atoms with Crippen LogP contribution in [0.3, 0.4) is 0 Å². The average molecular weight is 679 g/mol. The van der Waals surface area contributed by atoms with Crippen molar-refractivity contribution in [3.63, 3.8) is 0 Å². The fourth-order valence-corrected chi connectivity index (χ4v) is 8.22. The van der Waals surface area contributed by atoms with Gasteiger partial charge in [0.2, 0.25) is 0 Å². The van der Waals surface area contributed by atoms with Crippen molar-refractivity contribution < 1.29 is 12.6 Å². The smallest absolute Gasteiger partial charge is 0.136 e. The second kappa shape index (κ2) is 11.8. The van der Waals surface area contributed by atoms with E-state index < -0.39 is 12.1 Å². The molecule has 0 N–H and O–H groups in total. The summed E-state index contributed by atoms with van der Waals surface area (Å²) in [5.74, 6) is 0. The highest BCUT2D eigenvalue weighted by Gasteiger charge is 2.20. The van der Waals surface area contributed by atoms with E-state index in [0.29, 0.717) is 33.2 Å². The molecule has 1 nitrogen and oxygen atoms in total. The molecule has 0 aliphatic carbocycles. The lowest BCUT2D eigenvalue weighted by Gasteiger charge is -2.19. The molecule has 1 heterocycles. The zero-order chi connectivity index (χ0) is 40.1. The van der Waals surface area contributed by atoms with Gasteiger partial charge in [-0.25, -0.2) is 0 Å². The molecule has 0 unspecified atom stereocenters. The van der Waals surface area contributed by atoms with Crippen LogP contribution in [0.4, 0.5) is 0 Å². The summed E-state index contributed by atoms with van der Waals surface area (Å²) >= 11 is 0. The molecule has 1 aromatic heterocycles. The van der Waals surface area contributed by atoms with E-state index in [1.54, 1.807) is 0 Å². The molecule has 246 valence electrons. The Bertz CT molecular complexity index is 3510. The Labute approximate surface area is 315 Å². The number of rotatable bonds is 4. The number of hydrogen-bond acceptors (Lipinski definition) is 1. The Morgan fingerprint density at radius 1 is 0.340 bits per heavy atom. The Balaban J connectivity index is 1.26. The molecule has 0 saturated carbocycles. The van der Waals surface area contributed by atoms with Gasteiger partial charge in [-0.2, -0.15) is 0 Å². The molecule has 0 bridgehead atoms. The van der Waals surface area contributed by atoms with Gasteiger partial charge in [-0.15, -0.1) is 0 Å². The van der Waals surface area contributed by atoms with Crippen LogP contribution in [-0.4, -0.2) is 0 Å². The lowest BCUT2D eigenvalue weighted by molar-refractivity contribution is 0.669. The molecule has 10 aromatic carbocycles. The summed E-state index contributed by atoms with van der Waals surface area (Å²) in [5.41, 5.74) is 7.08. The number of furan rings is 1. The summed E-state index contributed by atoms with van der Waals surface area (Å²) in [6.07, 6.45) is 0. The van der Waals surface area contributed by atoms with Crippen LogP contribution in [0.5, 0.6) is 0 Å². The molecular formula is C52H32O. The molecule has 0 saturated heterocycles. The quantitative estimate of drug-likeness (QED) is 0.169. The monoisotopic (exact) mass is 678 g/mol. The predicted octanol–water partition coefficient (Wildman–Crippen LogP) is 14.9. The maximum absolute atomic E-state index is 9.95. The molecule has 0 fully saturated rings. The molecule has 0 spiro atoms. The standard InChI is InChI=1S/C52H32O/c1-2-14-34(15-3-1)50-42-19-8-10-21-44(42)51(45-22-11-9-20-43(45)50)46-29-28-40(38-17-6-7-18-39(38)46)41-23-12-24-49-52(41)47-32-37(27-30-48(47)53-49)36-26-25-33-13-4-5-16-35(33)31-36/h1-32H/i6D,7D,17D,18D,28D,29D. The van der Waals surface area contributed by atoms with E-state index in [4.69, 9.17) is 7.16 Å². The third kappa shape index (κ3) is 4.64. The lowest BCUT2D eigenvalue weighted by Crippen LogP contribution is -1.92. The van der Waals surface area contributed by atoms with Gasteiger partial charge in [0.25, 0.3) is 0 Å². The molecule has 1 heteroatoms. The maximum Gasteiger partial charge on any atom is 0.136 e. The van der Waals surface area contributed by atoms with Crippen molar-refractivity contribution in [1.29, 1.82) is 0 Å². The molecule has 53 heavy (non-hydrogen) atoms. The van der Waals surface area contributed by atoms with Gasteiger partial charge >= 0.3 is 0 Å². The van der Waals surface area contributed by atoms with E-state index >= 15 is 0 Å². The first-order valence-corrected chi connectivity index (χ1v) is 17.8. The van der Waals surface area contributed by atoms with Crippen molar-refractivity contribution in [2.75, 3.05) is 0 Å². The van der Waals surface area contributed by atoms with Crippen molar-refractivity contribution in [2.24, 2.45) is 0 Å². The highest BCUT2D eigenvalue weighted by atomic mass is 16.3. The van der Waals surface area contributed by atoms with Gasteiger partial charge in [-0.05, 0) is 112 Å². The molecule has 0 aliphatic rings. The second-order valence-corrected chi connectivity index (χ2v) is 13.5. The third-order valence-electron chi connectivity index (χ3n) is 10.6. The second-order valence-electron chi connectivity index (χ2n) is 13.5. The highest BCUT2D eigenvalue weighted by molar-refractivity contribution is 6.25. The fraction of sp³-hybridized carbons (Fsp3) is 0. The normalized spacial score (nSPS) is 13.4. The minimum atomic E-state index is -0.399. The van der Waals surface area contributed by atoms with Crippen LogP contribution in [0.2, 0.25) is 0 Å². The average Bonchev–Trinajstić information content (AvgIpc) is 3.66. The van der Waals surface area contributed by atoms with Gasteiger partial charge in [0.15, 0.2) is 0 Å². The van der Waals surface area contributed by atoms with E-state index in [1.165, 1.54) is 0 Å². The largest absolute Gasteiger partial charge is 0.456 e. The maximum atomic E-state index is 9.95. The van der Waals surface area contributed by atoms with Crippen LogP contribution in [0.15, 0.2) is 198 Å². The van der Waals surface area contributed by atoms with E-state index in [0.717, 1.165) is 60.0 Å². The van der Waals surface area contributed by atoms with Gasteiger partial charge in [-0.3, -0.25) is 0 Å². The van der Waals surface area contributed by atoms with Crippen LogP contribution >= 0.6 is 0 Å². The van der Waals surface area contributed by atoms with Crippen LogP contribution in [0.1, 0.15) is 8.22 Å². The zero-order valence-electron chi connectivity index (χ0n) is 34.4. The van der Waals surface area contributed by atoms with E-state index in [2.05, 4.69) is 60.7 Å². The predicted molar refractivity (Wildman–Crippen MR) is 225 cm³/mol. The molecular weight excluding hydrogens is 641 g/mol. The Morgan fingerprint density at radius 3 is 1.70 bits per heavy atom. The summed E-state index contributed by atoms with van der Waals surface area (Å²) in [6, 6.07) is 50.8. The summed E-state index contributed by atoms with van der Waals surface area (Å²) in [5, 5.41) is 7.71. The Kier molecular flexibility index (Phi) is 5.40. The van der Waals surface area contributed by atoms with Crippen molar-refractivity contribution in [3.8, 4) is 44.5 Å². The summed E-state index contributed by atoms with van der Waals surface area (Å²) in [4.78, 5) is 0. The first-order chi connectivity index (χ1) is 28.8. The first kappa shape index (κ1) is 24.3. The van der Waals surface area contributed by atoms with Crippen LogP contribution < -0.4 is 0 Å².